The lowest BCUT2D eigenvalue weighted by Gasteiger charge is -2.26. The first-order valence-corrected chi connectivity index (χ1v) is 7.86. The summed E-state index contributed by atoms with van der Waals surface area (Å²) < 4.78 is 5.42. The summed E-state index contributed by atoms with van der Waals surface area (Å²) in [6.07, 6.45) is 10.9. The highest BCUT2D eigenvalue weighted by Crippen LogP contribution is 2.36. The molecule has 108 valence electrons. The number of rotatable bonds is 7. The first-order valence-electron chi connectivity index (χ1n) is 7.86. The second-order valence-corrected chi connectivity index (χ2v) is 5.80. The van der Waals surface area contributed by atoms with Gasteiger partial charge in [0.25, 0.3) is 0 Å². The summed E-state index contributed by atoms with van der Waals surface area (Å²) in [5, 5.41) is 4.06. The van der Waals surface area contributed by atoms with E-state index >= 15 is 0 Å². The largest absolute Gasteiger partial charge is 0.339 e. The minimum atomic E-state index is 0.497. The fraction of sp³-hybridized carbons (Fsp3) is 0.867. The van der Waals surface area contributed by atoms with E-state index in [4.69, 9.17) is 10.3 Å². The van der Waals surface area contributed by atoms with Crippen LogP contribution in [0.2, 0.25) is 0 Å². The molecular weight excluding hydrogens is 238 g/mol. The van der Waals surface area contributed by atoms with Crippen LogP contribution in [0.3, 0.4) is 0 Å². The van der Waals surface area contributed by atoms with Crippen LogP contribution in [0.5, 0.6) is 0 Å². The molecule has 0 radical (unpaired) electrons. The van der Waals surface area contributed by atoms with Crippen molar-refractivity contribution in [3.05, 3.63) is 11.7 Å². The highest BCUT2D eigenvalue weighted by atomic mass is 16.5. The summed E-state index contributed by atoms with van der Waals surface area (Å²) in [4.78, 5) is 4.53. The number of aromatic nitrogens is 2. The highest BCUT2D eigenvalue weighted by Gasteiger charge is 2.25. The van der Waals surface area contributed by atoms with E-state index in [1.807, 2.05) is 0 Å². The molecule has 0 aromatic carbocycles. The van der Waals surface area contributed by atoms with E-state index < -0.39 is 0 Å². The quantitative estimate of drug-likeness (QED) is 0.820. The summed E-state index contributed by atoms with van der Waals surface area (Å²) >= 11 is 0. The standard InChI is InChI=1S/C15H27N3O/c1-2-3-5-12-7-9-13(10-8-12)15-17-14(18-19-15)6-4-11-16/h12-13H,2-11,16H2,1H3. The molecule has 2 N–H and O–H groups in total. The van der Waals surface area contributed by atoms with Crippen LogP contribution in [0.15, 0.2) is 4.52 Å². The lowest BCUT2D eigenvalue weighted by molar-refractivity contribution is 0.260. The van der Waals surface area contributed by atoms with Crippen LogP contribution in [0.1, 0.15) is 75.9 Å². The van der Waals surface area contributed by atoms with Gasteiger partial charge >= 0.3 is 0 Å². The second-order valence-electron chi connectivity index (χ2n) is 5.80. The number of hydrogen-bond donors (Lipinski definition) is 1. The van der Waals surface area contributed by atoms with Gasteiger partial charge in [0.15, 0.2) is 5.82 Å². The zero-order chi connectivity index (χ0) is 13.5. The molecule has 2 rings (SSSR count). The molecule has 0 saturated heterocycles. The SMILES string of the molecule is CCCCC1CCC(c2nc(CCCN)no2)CC1. The Balaban J connectivity index is 1.78. The van der Waals surface area contributed by atoms with Gasteiger partial charge in [-0.05, 0) is 44.6 Å². The van der Waals surface area contributed by atoms with Crippen LogP contribution in [-0.4, -0.2) is 16.7 Å². The van der Waals surface area contributed by atoms with Crippen molar-refractivity contribution in [2.45, 2.75) is 70.6 Å². The molecule has 1 aromatic rings. The molecule has 0 aliphatic heterocycles. The van der Waals surface area contributed by atoms with Gasteiger partial charge in [0.05, 0.1) is 0 Å². The Labute approximate surface area is 116 Å². The molecule has 0 bridgehead atoms. The number of nitrogens with zero attached hydrogens (tertiary/aromatic N) is 2. The molecule has 1 aliphatic rings. The van der Waals surface area contributed by atoms with Crippen molar-refractivity contribution in [2.75, 3.05) is 6.54 Å². The van der Waals surface area contributed by atoms with Crippen molar-refractivity contribution in [1.29, 1.82) is 0 Å². The zero-order valence-electron chi connectivity index (χ0n) is 12.1. The van der Waals surface area contributed by atoms with Crippen molar-refractivity contribution in [3.63, 3.8) is 0 Å². The van der Waals surface area contributed by atoms with Gasteiger partial charge in [0, 0.05) is 12.3 Å². The smallest absolute Gasteiger partial charge is 0.229 e. The van der Waals surface area contributed by atoms with E-state index in [2.05, 4.69) is 17.1 Å². The van der Waals surface area contributed by atoms with E-state index in [1.54, 1.807) is 0 Å². The molecule has 1 saturated carbocycles. The number of aryl methyl sites for hydroxylation is 1. The Kier molecular flexibility index (Phi) is 5.83. The molecule has 1 aliphatic carbocycles. The van der Waals surface area contributed by atoms with Gasteiger partial charge in [0.2, 0.25) is 5.89 Å². The van der Waals surface area contributed by atoms with Crippen LogP contribution in [0, 0.1) is 5.92 Å². The van der Waals surface area contributed by atoms with Gasteiger partial charge in [-0.3, -0.25) is 0 Å². The molecule has 0 unspecified atom stereocenters. The molecular formula is C15H27N3O. The fourth-order valence-electron chi connectivity index (χ4n) is 2.99. The third kappa shape index (κ3) is 4.30. The summed E-state index contributed by atoms with van der Waals surface area (Å²) in [5.74, 6) is 3.11. The van der Waals surface area contributed by atoms with Gasteiger partial charge in [-0.1, -0.05) is 31.3 Å². The minimum absolute atomic E-state index is 0.497. The van der Waals surface area contributed by atoms with E-state index in [-0.39, 0.29) is 0 Å². The van der Waals surface area contributed by atoms with E-state index in [0.717, 1.165) is 30.5 Å². The van der Waals surface area contributed by atoms with Crippen LogP contribution >= 0.6 is 0 Å². The molecule has 1 heterocycles. The van der Waals surface area contributed by atoms with E-state index in [1.165, 1.54) is 44.9 Å². The van der Waals surface area contributed by atoms with Crippen molar-refractivity contribution >= 4 is 0 Å². The summed E-state index contributed by atoms with van der Waals surface area (Å²) in [6.45, 7) is 2.96. The number of unbranched alkanes of at least 4 members (excludes halogenated alkanes) is 1. The molecule has 4 heteroatoms. The summed E-state index contributed by atoms with van der Waals surface area (Å²) in [7, 11) is 0. The monoisotopic (exact) mass is 265 g/mol. The van der Waals surface area contributed by atoms with Gasteiger partial charge in [-0.25, -0.2) is 0 Å². The van der Waals surface area contributed by atoms with Crippen LogP contribution < -0.4 is 5.73 Å². The summed E-state index contributed by atoms with van der Waals surface area (Å²) in [6, 6.07) is 0. The first-order chi connectivity index (χ1) is 9.33. The number of hydrogen-bond acceptors (Lipinski definition) is 4. The van der Waals surface area contributed by atoms with Crippen molar-refractivity contribution in [3.8, 4) is 0 Å². The lowest BCUT2D eigenvalue weighted by Crippen LogP contribution is -2.13. The predicted molar refractivity (Wildman–Crippen MR) is 75.9 cm³/mol. The Morgan fingerprint density at radius 3 is 2.68 bits per heavy atom. The topological polar surface area (TPSA) is 64.9 Å². The zero-order valence-corrected chi connectivity index (χ0v) is 12.1. The first kappa shape index (κ1) is 14.5. The predicted octanol–water partition coefficient (Wildman–Crippen LogP) is 3.42. The molecule has 0 spiro atoms. The highest BCUT2D eigenvalue weighted by molar-refractivity contribution is 4.96. The fourth-order valence-corrected chi connectivity index (χ4v) is 2.99. The van der Waals surface area contributed by atoms with Crippen LogP contribution in [0.4, 0.5) is 0 Å². The second kappa shape index (κ2) is 7.63. The lowest BCUT2D eigenvalue weighted by atomic mass is 9.80. The average molecular weight is 265 g/mol. The Morgan fingerprint density at radius 2 is 2.00 bits per heavy atom. The van der Waals surface area contributed by atoms with Crippen molar-refractivity contribution in [1.82, 2.24) is 10.1 Å². The van der Waals surface area contributed by atoms with Crippen LogP contribution in [-0.2, 0) is 6.42 Å². The van der Waals surface area contributed by atoms with Gasteiger partial charge in [0.1, 0.15) is 0 Å². The van der Waals surface area contributed by atoms with Gasteiger partial charge in [-0.15, -0.1) is 0 Å². The van der Waals surface area contributed by atoms with E-state index in [0.29, 0.717) is 12.5 Å². The maximum Gasteiger partial charge on any atom is 0.229 e. The van der Waals surface area contributed by atoms with E-state index in [9.17, 15) is 0 Å². The molecule has 0 amide bonds. The molecule has 1 aromatic heterocycles. The minimum Gasteiger partial charge on any atom is -0.339 e. The number of nitrogens with two attached hydrogens (primary N) is 1. The normalized spacial score (nSPS) is 23.7. The third-order valence-electron chi connectivity index (χ3n) is 4.25. The van der Waals surface area contributed by atoms with Crippen LogP contribution in [0.25, 0.3) is 0 Å². The Bertz CT molecular complexity index is 356. The maximum absolute atomic E-state index is 5.49. The summed E-state index contributed by atoms with van der Waals surface area (Å²) in [5.41, 5.74) is 5.49. The third-order valence-corrected chi connectivity index (χ3v) is 4.25. The van der Waals surface area contributed by atoms with Crippen molar-refractivity contribution < 1.29 is 4.52 Å². The maximum atomic E-state index is 5.49. The van der Waals surface area contributed by atoms with Crippen molar-refractivity contribution in [2.24, 2.45) is 11.7 Å². The average Bonchev–Trinajstić information content (AvgIpc) is 2.92. The van der Waals surface area contributed by atoms with Gasteiger partial charge < -0.3 is 10.3 Å². The molecule has 4 nitrogen and oxygen atoms in total. The Hall–Kier alpha value is -0.900. The molecule has 1 fully saturated rings. The Morgan fingerprint density at radius 1 is 1.21 bits per heavy atom. The molecule has 19 heavy (non-hydrogen) atoms. The molecule has 0 atom stereocenters. The van der Waals surface area contributed by atoms with Gasteiger partial charge in [-0.2, -0.15) is 4.98 Å².